The van der Waals surface area contributed by atoms with Crippen LogP contribution in [0.3, 0.4) is 0 Å². The van der Waals surface area contributed by atoms with Crippen LogP contribution in [0.5, 0.6) is 5.75 Å². The van der Waals surface area contributed by atoms with Crippen molar-refractivity contribution >= 4 is 11.9 Å². The first-order valence-corrected chi connectivity index (χ1v) is 14.1. The predicted molar refractivity (Wildman–Crippen MR) is 140 cm³/mol. The van der Waals surface area contributed by atoms with Crippen molar-refractivity contribution in [2.75, 3.05) is 13.2 Å². The van der Waals surface area contributed by atoms with E-state index in [2.05, 4.69) is 0 Å². The number of carbonyl (C=O) groups is 2. The third kappa shape index (κ3) is 3.93. The highest BCUT2D eigenvalue weighted by Gasteiger charge is 2.94. The van der Waals surface area contributed by atoms with Gasteiger partial charge in [0.05, 0.1) is 16.5 Å². The molecule has 2 aromatic carbocycles. The van der Waals surface area contributed by atoms with Crippen molar-refractivity contribution in [2.24, 2.45) is 11.3 Å². The zero-order valence-corrected chi connectivity index (χ0v) is 23.1. The zero-order valence-electron chi connectivity index (χ0n) is 23.1. The maximum atomic E-state index is 12.9. The monoisotopic (exact) mass is 600 g/mol. The number of ether oxygens (including phenoxy) is 6. The van der Waals surface area contributed by atoms with Crippen LogP contribution in [0, 0.1) is 11.3 Å². The summed E-state index contributed by atoms with van der Waals surface area (Å²) < 4.78 is 35.6. The molecule has 13 heteroatoms. The molecule has 7 aliphatic rings. The van der Waals surface area contributed by atoms with Gasteiger partial charge in [-0.2, -0.15) is 0 Å². The topological polar surface area (TPSA) is 191 Å². The lowest BCUT2D eigenvalue weighted by atomic mass is 9.41. The van der Waals surface area contributed by atoms with Crippen LogP contribution in [0.15, 0.2) is 54.6 Å². The summed E-state index contributed by atoms with van der Waals surface area (Å²) >= 11 is 0. The Hall–Kier alpha value is -3.14. The van der Waals surface area contributed by atoms with Gasteiger partial charge in [-0.3, -0.25) is 0 Å². The molecule has 11 atom stereocenters. The summed E-state index contributed by atoms with van der Waals surface area (Å²) in [6.45, 7) is 1.01. The number of aromatic hydroxyl groups is 1. The largest absolute Gasteiger partial charge is 0.508 e. The van der Waals surface area contributed by atoms with Gasteiger partial charge in [0.15, 0.2) is 18.4 Å². The summed E-state index contributed by atoms with van der Waals surface area (Å²) in [6.07, 6.45) is -8.57. The second-order valence-corrected chi connectivity index (χ2v) is 12.2. The molecule has 13 nitrogen and oxygen atoms in total. The molecule has 0 radical (unpaired) electrons. The Morgan fingerprint density at radius 3 is 2.30 bits per heavy atom. The lowest BCUT2D eigenvalue weighted by Crippen LogP contribution is -2.80. The Kier molecular flexibility index (Phi) is 6.44. The van der Waals surface area contributed by atoms with Gasteiger partial charge in [-0.05, 0) is 49.7 Å². The Balaban J connectivity index is 1.12. The molecule has 0 aromatic heterocycles. The maximum absolute atomic E-state index is 12.9. The summed E-state index contributed by atoms with van der Waals surface area (Å²) in [7, 11) is 0. The summed E-state index contributed by atoms with van der Waals surface area (Å²) in [5, 5.41) is 53.2. The summed E-state index contributed by atoms with van der Waals surface area (Å²) in [5.41, 5.74) is -3.18. The molecular weight excluding hydrogens is 568 g/mol. The molecule has 5 N–H and O–H groups in total. The molecule has 3 saturated carbocycles. The highest BCUT2D eigenvalue weighted by molar-refractivity contribution is 5.90. The molecule has 4 aliphatic heterocycles. The Bertz CT molecular complexity index is 1420. The van der Waals surface area contributed by atoms with Crippen LogP contribution in [0.1, 0.15) is 40.5 Å². The number of benzene rings is 2. The zero-order chi connectivity index (χ0) is 30.4. The number of aliphatic hydroxyl groups is 4. The minimum absolute atomic E-state index is 0.0149. The van der Waals surface area contributed by atoms with Crippen LogP contribution in [0.25, 0.3) is 0 Å². The first kappa shape index (κ1) is 28.6. The standard InChI is InChI=1S/C30H32O13/c1-27-13-29(37)19-11-30(27,28(19,26(42-27)43-29)14-39-24(36)16-7-9-17(31)10-8-16)41-25-22(34)21(33)20(32)18(40-25)12-38-23(35)15-5-3-2-4-6-15/h2-10,18-22,25-26,31-34,37H,11-14H2,1H3/t18-,19+,20-,21+,22-,25+,26+,27-,28-,29-,30-/m1/s1. The Morgan fingerprint density at radius 2 is 1.58 bits per heavy atom. The average Bonchev–Trinajstić information content (AvgIpc) is 3.18. The van der Waals surface area contributed by atoms with Gasteiger partial charge in [0.25, 0.3) is 0 Å². The second-order valence-electron chi connectivity index (χ2n) is 12.2. The number of hydrogen-bond donors (Lipinski definition) is 5. The molecule has 3 aliphatic carbocycles. The highest BCUT2D eigenvalue weighted by Crippen LogP contribution is 2.81. The Labute approximate surface area is 245 Å². The summed E-state index contributed by atoms with van der Waals surface area (Å²) in [6, 6.07) is 13.7. The van der Waals surface area contributed by atoms with Crippen molar-refractivity contribution in [1.82, 2.24) is 0 Å². The molecule has 4 saturated heterocycles. The fourth-order valence-electron chi connectivity index (χ4n) is 7.70. The molecule has 0 unspecified atom stereocenters. The van der Waals surface area contributed by atoms with E-state index in [9.17, 15) is 35.1 Å². The lowest BCUT2D eigenvalue weighted by Gasteiger charge is -2.67. The third-order valence-corrected chi connectivity index (χ3v) is 9.87. The Morgan fingerprint density at radius 1 is 0.907 bits per heavy atom. The molecule has 9 rings (SSSR count). The van der Waals surface area contributed by atoms with Crippen LogP contribution in [-0.2, 0) is 28.4 Å². The van der Waals surface area contributed by atoms with Gasteiger partial charge in [0, 0.05) is 12.3 Å². The number of hydrogen-bond acceptors (Lipinski definition) is 13. The van der Waals surface area contributed by atoms with Crippen LogP contribution in [-0.4, -0.2) is 105 Å². The van der Waals surface area contributed by atoms with Gasteiger partial charge in [-0.1, -0.05) is 18.2 Å². The van der Waals surface area contributed by atoms with E-state index in [0.717, 1.165) is 0 Å². The number of esters is 2. The minimum Gasteiger partial charge on any atom is -0.508 e. The van der Waals surface area contributed by atoms with E-state index in [-0.39, 0.29) is 36.3 Å². The van der Waals surface area contributed by atoms with Crippen molar-refractivity contribution in [3.63, 3.8) is 0 Å². The lowest BCUT2D eigenvalue weighted by molar-refractivity contribution is -0.424. The quantitative estimate of drug-likeness (QED) is 0.259. The number of carbonyl (C=O) groups excluding carboxylic acids is 2. The van der Waals surface area contributed by atoms with Gasteiger partial charge in [-0.15, -0.1) is 0 Å². The SMILES string of the molecule is C[C@]12C[C@@]3(O)O[C@H](O1)[C@@]1(COC(=O)c4ccc(O)cc4)[C@@H]3C[C@]12O[C@@H]1O[C@H](COC(=O)c2ccccc2)[C@@H](O)[C@H](O)[C@H]1O. The van der Waals surface area contributed by atoms with Crippen molar-refractivity contribution in [2.45, 2.75) is 73.8 Å². The van der Waals surface area contributed by atoms with Crippen molar-refractivity contribution in [3.05, 3.63) is 65.7 Å². The van der Waals surface area contributed by atoms with E-state index in [0.29, 0.717) is 0 Å². The van der Waals surface area contributed by atoms with Crippen molar-refractivity contribution < 1.29 is 63.5 Å². The minimum atomic E-state index is -1.71. The molecule has 43 heavy (non-hydrogen) atoms. The fraction of sp³-hybridized carbons (Fsp3) is 0.533. The van der Waals surface area contributed by atoms with E-state index in [1.165, 1.54) is 24.3 Å². The van der Waals surface area contributed by atoms with E-state index in [1.54, 1.807) is 37.3 Å². The van der Waals surface area contributed by atoms with Crippen molar-refractivity contribution in [3.8, 4) is 5.75 Å². The number of phenolic OH excluding ortho intramolecular Hbond substituents is 1. The second kappa shape index (κ2) is 9.68. The smallest absolute Gasteiger partial charge is 0.338 e. The number of phenols is 1. The molecule has 0 spiro atoms. The summed E-state index contributed by atoms with van der Waals surface area (Å²) in [5.74, 6) is -3.46. The molecule has 4 heterocycles. The van der Waals surface area contributed by atoms with E-state index >= 15 is 0 Å². The van der Waals surface area contributed by atoms with Gasteiger partial charge in [0.2, 0.25) is 0 Å². The molecule has 7 fully saturated rings. The van der Waals surface area contributed by atoms with E-state index < -0.39 is 83.9 Å². The van der Waals surface area contributed by atoms with Crippen molar-refractivity contribution in [1.29, 1.82) is 0 Å². The molecule has 2 aromatic rings. The highest BCUT2D eigenvalue weighted by atomic mass is 16.8. The van der Waals surface area contributed by atoms with Crippen LogP contribution in [0.2, 0.25) is 0 Å². The average molecular weight is 601 g/mol. The maximum Gasteiger partial charge on any atom is 0.338 e. The fourth-order valence-corrected chi connectivity index (χ4v) is 7.70. The predicted octanol–water partition coefficient (Wildman–Crippen LogP) is 0.213. The first-order chi connectivity index (χ1) is 20.4. The van der Waals surface area contributed by atoms with Crippen LogP contribution >= 0.6 is 0 Å². The van der Waals surface area contributed by atoms with Gasteiger partial charge in [-0.25, -0.2) is 9.59 Å². The molecule has 230 valence electrons. The number of rotatable bonds is 8. The van der Waals surface area contributed by atoms with E-state index in [1.807, 2.05) is 0 Å². The van der Waals surface area contributed by atoms with Gasteiger partial charge in [0.1, 0.15) is 54.6 Å². The van der Waals surface area contributed by atoms with Gasteiger partial charge >= 0.3 is 11.9 Å². The molecular formula is C30H32O13. The van der Waals surface area contributed by atoms with E-state index in [4.69, 9.17) is 28.4 Å². The molecule has 0 amide bonds. The third-order valence-electron chi connectivity index (χ3n) is 9.87. The van der Waals surface area contributed by atoms with Gasteiger partial charge < -0.3 is 54.0 Å². The van der Waals surface area contributed by atoms with Crippen LogP contribution in [0.4, 0.5) is 0 Å². The number of aliphatic hydroxyl groups excluding tert-OH is 3. The normalized spacial score (nSPS) is 43.7. The van der Waals surface area contributed by atoms with Crippen LogP contribution < -0.4 is 0 Å². The molecule has 6 bridgehead atoms. The summed E-state index contributed by atoms with van der Waals surface area (Å²) in [4.78, 5) is 25.4. The first-order valence-electron chi connectivity index (χ1n) is 14.1.